The largest absolute Gasteiger partial charge is 0.491 e. The van der Waals surface area contributed by atoms with Crippen LogP contribution in [0.3, 0.4) is 0 Å². The van der Waals surface area contributed by atoms with Crippen molar-refractivity contribution in [3.63, 3.8) is 0 Å². The predicted molar refractivity (Wildman–Crippen MR) is 58.5 cm³/mol. The third-order valence-electron chi connectivity index (χ3n) is 2.18. The van der Waals surface area contributed by atoms with Gasteiger partial charge in [0.05, 0.1) is 12.5 Å². The smallest absolute Gasteiger partial charge is 0.312 e. The first-order valence-corrected chi connectivity index (χ1v) is 4.95. The lowest BCUT2D eigenvalue weighted by Crippen LogP contribution is -2.20. The first kappa shape index (κ1) is 12.5. The summed E-state index contributed by atoms with van der Waals surface area (Å²) in [6, 6.07) is 6.66. The molecule has 88 valence electrons. The summed E-state index contributed by atoms with van der Waals surface area (Å²) in [6.45, 7) is 0.229. The van der Waals surface area contributed by atoms with Crippen LogP contribution in [0.4, 0.5) is 0 Å². The maximum absolute atomic E-state index is 10.8. The van der Waals surface area contributed by atoms with Gasteiger partial charge in [0, 0.05) is 6.54 Å². The van der Waals surface area contributed by atoms with Crippen molar-refractivity contribution in [2.75, 3.05) is 19.8 Å². The number of rotatable bonds is 6. The summed E-state index contributed by atoms with van der Waals surface area (Å²) in [5.74, 6) is -1.03. The summed E-state index contributed by atoms with van der Waals surface area (Å²) in [7, 11) is 0. The molecule has 1 aromatic carbocycles. The molecule has 5 nitrogen and oxygen atoms in total. The van der Waals surface area contributed by atoms with Crippen LogP contribution < -0.4 is 10.5 Å². The second kappa shape index (κ2) is 6.09. The minimum absolute atomic E-state index is 0.0533. The summed E-state index contributed by atoms with van der Waals surface area (Å²) >= 11 is 0. The van der Waals surface area contributed by atoms with Gasteiger partial charge in [0.25, 0.3) is 0 Å². The molecule has 0 aliphatic heterocycles. The van der Waals surface area contributed by atoms with Crippen LogP contribution in [0.5, 0.6) is 5.75 Å². The third-order valence-corrected chi connectivity index (χ3v) is 2.18. The molecule has 0 fully saturated rings. The maximum Gasteiger partial charge on any atom is 0.312 e. The van der Waals surface area contributed by atoms with E-state index in [1.807, 2.05) is 0 Å². The number of carbonyl (C=O) groups is 1. The Morgan fingerprint density at radius 1 is 1.38 bits per heavy atom. The van der Waals surface area contributed by atoms with E-state index in [4.69, 9.17) is 20.7 Å². The highest BCUT2D eigenvalue weighted by molar-refractivity contribution is 5.76. The van der Waals surface area contributed by atoms with E-state index in [2.05, 4.69) is 0 Å². The van der Waals surface area contributed by atoms with Crippen molar-refractivity contribution in [2.45, 2.75) is 5.92 Å². The molecule has 0 saturated carbocycles. The summed E-state index contributed by atoms with van der Waals surface area (Å²) in [4.78, 5) is 10.8. The van der Waals surface area contributed by atoms with Crippen molar-refractivity contribution in [3.8, 4) is 5.75 Å². The van der Waals surface area contributed by atoms with Gasteiger partial charge < -0.3 is 20.7 Å². The minimum Gasteiger partial charge on any atom is -0.491 e. The first-order chi connectivity index (χ1) is 7.69. The number of ether oxygens (including phenoxy) is 1. The molecule has 0 amide bonds. The molecule has 1 rings (SSSR count). The molecule has 0 spiro atoms. The Bertz CT molecular complexity index is 336. The van der Waals surface area contributed by atoms with Gasteiger partial charge in [-0.15, -0.1) is 0 Å². The molecule has 1 unspecified atom stereocenters. The lowest BCUT2D eigenvalue weighted by atomic mass is 9.99. The van der Waals surface area contributed by atoms with Crippen LogP contribution in [0.2, 0.25) is 0 Å². The van der Waals surface area contributed by atoms with Crippen molar-refractivity contribution in [1.82, 2.24) is 0 Å². The molecule has 0 aromatic heterocycles. The second-order valence-corrected chi connectivity index (χ2v) is 3.27. The van der Waals surface area contributed by atoms with Crippen molar-refractivity contribution in [2.24, 2.45) is 5.73 Å². The highest BCUT2D eigenvalue weighted by atomic mass is 16.5. The fourth-order valence-corrected chi connectivity index (χ4v) is 1.34. The Labute approximate surface area is 93.5 Å². The molecule has 0 saturated heterocycles. The van der Waals surface area contributed by atoms with Crippen LogP contribution in [0, 0.1) is 0 Å². The monoisotopic (exact) mass is 225 g/mol. The van der Waals surface area contributed by atoms with Gasteiger partial charge in [0.1, 0.15) is 12.4 Å². The highest BCUT2D eigenvalue weighted by Gasteiger charge is 2.17. The standard InChI is InChI=1S/C11H15NO4/c12-7-10(11(14)15)8-1-3-9(4-2-8)16-6-5-13/h1-4,10,13H,5-7,12H2,(H,14,15). The van der Waals surface area contributed by atoms with Crippen molar-refractivity contribution >= 4 is 5.97 Å². The van der Waals surface area contributed by atoms with E-state index in [9.17, 15) is 4.79 Å². The average Bonchev–Trinajstić information content (AvgIpc) is 2.28. The number of hydrogen-bond donors (Lipinski definition) is 3. The van der Waals surface area contributed by atoms with E-state index in [-0.39, 0.29) is 19.8 Å². The summed E-state index contributed by atoms with van der Waals surface area (Å²) < 4.78 is 5.16. The van der Waals surface area contributed by atoms with E-state index < -0.39 is 11.9 Å². The van der Waals surface area contributed by atoms with Gasteiger partial charge in [-0.05, 0) is 17.7 Å². The molecule has 5 heteroatoms. The molecule has 1 aromatic rings. The Hall–Kier alpha value is -1.59. The van der Waals surface area contributed by atoms with Gasteiger partial charge >= 0.3 is 5.97 Å². The SMILES string of the molecule is NCC(C(=O)O)c1ccc(OCCO)cc1. The molecule has 16 heavy (non-hydrogen) atoms. The van der Waals surface area contributed by atoms with Crippen LogP contribution in [0.1, 0.15) is 11.5 Å². The van der Waals surface area contributed by atoms with Gasteiger partial charge in [-0.1, -0.05) is 12.1 Å². The van der Waals surface area contributed by atoms with Crippen LogP contribution in [-0.4, -0.2) is 35.9 Å². The Morgan fingerprint density at radius 2 is 2.00 bits per heavy atom. The first-order valence-electron chi connectivity index (χ1n) is 4.95. The van der Waals surface area contributed by atoms with Crippen LogP contribution in [-0.2, 0) is 4.79 Å². The summed E-state index contributed by atoms with van der Waals surface area (Å²) in [5.41, 5.74) is 6.02. The third kappa shape index (κ3) is 3.22. The molecule has 1 atom stereocenters. The normalized spacial score (nSPS) is 12.1. The van der Waals surface area contributed by atoms with Crippen LogP contribution in [0.15, 0.2) is 24.3 Å². The molecule has 0 aliphatic carbocycles. The zero-order chi connectivity index (χ0) is 12.0. The molecular weight excluding hydrogens is 210 g/mol. The zero-order valence-electron chi connectivity index (χ0n) is 8.80. The molecule has 0 heterocycles. The van der Waals surface area contributed by atoms with Gasteiger partial charge in [-0.2, -0.15) is 0 Å². The van der Waals surface area contributed by atoms with E-state index in [1.54, 1.807) is 24.3 Å². The number of hydrogen-bond acceptors (Lipinski definition) is 4. The number of aliphatic hydroxyl groups is 1. The highest BCUT2D eigenvalue weighted by Crippen LogP contribution is 2.19. The quantitative estimate of drug-likeness (QED) is 0.642. The Morgan fingerprint density at radius 3 is 2.44 bits per heavy atom. The molecule has 0 bridgehead atoms. The van der Waals surface area contributed by atoms with E-state index in [1.165, 1.54) is 0 Å². The van der Waals surface area contributed by atoms with Crippen LogP contribution >= 0.6 is 0 Å². The number of nitrogens with two attached hydrogens (primary N) is 1. The van der Waals surface area contributed by atoms with Gasteiger partial charge in [0.2, 0.25) is 0 Å². The number of carboxylic acids is 1. The number of aliphatic hydroxyl groups excluding tert-OH is 1. The van der Waals surface area contributed by atoms with Crippen molar-refractivity contribution in [3.05, 3.63) is 29.8 Å². The lowest BCUT2D eigenvalue weighted by molar-refractivity contribution is -0.138. The topological polar surface area (TPSA) is 92.8 Å². The molecule has 4 N–H and O–H groups in total. The van der Waals surface area contributed by atoms with E-state index in [0.717, 1.165) is 0 Å². The van der Waals surface area contributed by atoms with Gasteiger partial charge in [-0.25, -0.2) is 0 Å². The van der Waals surface area contributed by atoms with E-state index in [0.29, 0.717) is 11.3 Å². The fourth-order valence-electron chi connectivity index (χ4n) is 1.34. The molecule has 0 aliphatic rings. The minimum atomic E-state index is -0.938. The van der Waals surface area contributed by atoms with Crippen molar-refractivity contribution < 1.29 is 19.7 Å². The summed E-state index contributed by atoms with van der Waals surface area (Å²) in [5, 5.41) is 17.5. The summed E-state index contributed by atoms with van der Waals surface area (Å²) in [6.07, 6.45) is 0. The zero-order valence-corrected chi connectivity index (χ0v) is 8.80. The number of carboxylic acid groups (broad SMARTS) is 1. The predicted octanol–water partition coefficient (Wildman–Crippen LogP) is 0.185. The maximum atomic E-state index is 10.8. The molecular formula is C11H15NO4. The molecule has 0 radical (unpaired) electrons. The van der Waals surface area contributed by atoms with Crippen molar-refractivity contribution in [1.29, 1.82) is 0 Å². The van der Waals surface area contributed by atoms with Crippen LogP contribution in [0.25, 0.3) is 0 Å². The number of aliphatic carboxylic acids is 1. The van der Waals surface area contributed by atoms with Gasteiger partial charge in [0.15, 0.2) is 0 Å². The van der Waals surface area contributed by atoms with E-state index >= 15 is 0 Å². The second-order valence-electron chi connectivity index (χ2n) is 3.27. The lowest BCUT2D eigenvalue weighted by Gasteiger charge is -2.11. The Balaban J connectivity index is 2.73. The van der Waals surface area contributed by atoms with Gasteiger partial charge in [-0.3, -0.25) is 4.79 Å². The average molecular weight is 225 g/mol. The fraction of sp³-hybridized carbons (Fsp3) is 0.364. The number of benzene rings is 1. The Kier molecular flexibility index (Phi) is 4.75.